The topological polar surface area (TPSA) is 44.4 Å². The molecule has 2 N–H and O–H groups in total. The SMILES string of the molecule is CCCCCNC(=O)C(C)N1CCCCC1CCNC. The molecule has 20 heavy (non-hydrogen) atoms. The zero-order valence-electron chi connectivity index (χ0n) is 13.6. The molecular formula is C16H33N3O. The molecule has 118 valence electrons. The number of likely N-dealkylation sites (tertiary alicyclic amines) is 1. The molecule has 0 aliphatic carbocycles. The van der Waals surface area contributed by atoms with Crippen molar-refractivity contribution in [2.75, 3.05) is 26.7 Å². The van der Waals surface area contributed by atoms with Gasteiger partial charge in [-0.25, -0.2) is 0 Å². The van der Waals surface area contributed by atoms with Crippen molar-refractivity contribution < 1.29 is 4.79 Å². The fraction of sp³-hybridized carbons (Fsp3) is 0.938. The minimum atomic E-state index is 0.0128. The first-order chi connectivity index (χ1) is 9.70. The lowest BCUT2D eigenvalue weighted by molar-refractivity contribution is -0.127. The van der Waals surface area contributed by atoms with E-state index in [9.17, 15) is 4.79 Å². The Hall–Kier alpha value is -0.610. The van der Waals surface area contributed by atoms with Crippen LogP contribution in [0.25, 0.3) is 0 Å². The van der Waals surface area contributed by atoms with Crippen molar-refractivity contribution in [3.05, 3.63) is 0 Å². The molecule has 1 fully saturated rings. The van der Waals surface area contributed by atoms with Crippen LogP contribution in [0.5, 0.6) is 0 Å². The lowest BCUT2D eigenvalue weighted by Gasteiger charge is -2.39. The summed E-state index contributed by atoms with van der Waals surface area (Å²) in [6.07, 6.45) is 8.39. The summed E-state index contributed by atoms with van der Waals surface area (Å²) in [6.45, 7) is 7.17. The van der Waals surface area contributed by atoms with Crippen molar-refractivity contribution in [1.82, 2.24) is 15.5 Å². The van der Waals surface area contributed by atoms with Gasteiger partial charge in [0.25, 0.3) is 0 Å². The molecule has 0 radical (unpaired) electrons. The van der Waals surface area contributed by atoms with E-state index in [1.807, 2.05) is 7.05 Å². The summed E-state index contributed by atoms with van der Waals surface area (Å²) in [6, 6.07) is 0.575. The lowest BCUT2D eigenvalue weighted by Crippen LogP contribution is -2.52. The highest BCUT2D eigenvalue weighted by Gasteiger charge is 2.29. The Morgan fingerprint density at radius 3 is 2.80 bits per heavy atom. The van der Waals surface area contributed by atoms with E-state index in [2.05, 4.69) is 29.4 Å². The molecule has 1 amide bonds. The van der Waals surface area contributed by atoms with Crippen molar-refractivity contribution in [3.63, 3.8) is 0 Å². The first-order valence-electron chi connectivity index (χ1n) is 8.38. The Bertz CT molecular complexity index is 270. The number of hydrogen-bond donors (Lipinski definition) is 2. The highest BCUT2D eigenvalue weighted by Crippen LogP contribution is 2.21. The van der Waals surface area contributed by atoms with Gasteiger partial charge in [-0.3, -0.25) is 9.69 Å². The molecule has 0 saturated carbocycles. The van der Waals surface area contributed by atoms with Crippen molar-refractivity contribution in [1.29, 1.82) is 0 Å². The molecule has 4 heteroatoms. The van der Waals surface area contributed by atoms with Crippen LogP contribution in [0.2, 0.25) is 0 Å². The second-order valence-corrected chi connectivity index (χ2v) is 5.95. The summed E-state index contributed by atoms with van der Waals surface area (Å²) < 4.78 is 0. The van der Waals surface area contributed by atoms with Crippen molar-refractivity contribution in [2.24, 2.45) is 0 Å². The maximum atomic E-state index is 12.3. The minimum Gasteiger partial charge on any atom is -0.355 e. The second-order valence-electron chi connectivity index (χ2n) is 5.95. The monoisotopic (exact) mass is 283 g/mol. The van der Waals surface area contributed by atoms with Crippen molar-refractivity contribution >= 4 is 5.91 Å². The molecule has 4 nitrogen and oxygen atoms in total. The average molecular weight is 283 g/mol. The van der Waals surface area contributed by atoms with Gasteiger partial charge in [0.1, 0.15) is 0 Å². The number of unbranched alkanes of at least 4 members (excludes halogenated alkanes) is 2. The summed E-state index contributed by atoms with van der Waals surface area (Å²) in [5.74, 6) is 0.206. The Kier molecular flexibility index (Phi) is 8.86. The van der Waals surface area contributed by atoms with Crippen LogP contribution >= 0.6 is 0 Å². The quantitative estimate of drug-likeness (QED) is 0.637. The highest BCUT2D eigenvalue weighted by molar-refractivity contribution is 5.81. The van der Waals surface area contributed by atoms with Crippen LogP contribution in [0.4, 0.5) is 0 Å². The van der Waals surface area contributed by atoms with Gasteiger partial charge in [0.05, 0.1) is 6.04 Å². The number of carbonyl (C=O) groups excluding carboxylic acids is 1. The van der Waals surface area contributed by atoms with Gasteiger partial charge in [-0.1, -0.05) is 26.2 Å². The number of piperidine rings is 1. The molecule has 1 aliphatic rings. The number of hydrogen-bond acceptors (Lipinski definition) is 3. The van der Waals surface area contributed by atoms with Crippen molar-refractivity contribution in [3.8, 4) is 0 Å². The van der Waals surface area contributed by atoms with E-state index >= 15 is 0 Å². The zero-order valence-corrected chi connectivity index (χ0v) is 13.6. The predicted octanol–water partition coefficient (Wildman–Crippen LogP) is 2.15. The smallest absolute Gasteiger partial charge is 0.237 e. The fourth-order valence-corrected chi connectivity index (χ4v) is 3.04. The number of nitrogens with one attached hydrogen (secondary N) is 2. The molecule has 0 bridgehead atoms. The molecule has 1 heterocycles. The Morgan fingerprint density at radius 2 is 2.10 bits per heavy atom. The third-order valence-corrected chi connectivity index (χ3v) is 4.36. The first kappa shape index (κ1) is 17.4. The molecular weight excluding hydrogens is 250 g/mol. The normalized spacial score (nSPS) is 21.6. The summed E-state index contributed by atoms with van der Waals surface area (Å²) in [4.78, 5) is 14.7. The van der Waals surface area contributed by atoms with Crippen LogP contribution in [0.1, 0.15) is 58.8 Å². The van der Waals surface area contributed by atoms with E-state index < -0.39 is 0 Å². The maximum Gasteiger partial charge on any atom is 0.237 e. The van der Waals surface area contributed by atoms with Gasteiger partial charge >= 0.3 is 0 Å². The number of carbonyl (C=O) groups is 1. The van der Waals surface area contributed by atoms with Gasteiger partial charge in [-0.15, -0.1) is 0 Å². The number of nitrogens with zero attached hydrogens (tertiary/aromatic N) is 1. The third-order valence-electron chi connectivity index (χ3n) is 4.36. The molecule has 2 atom stereocenters. The van der Waals surface area contributed by atoms with Crippen LogP contribution in [0.3, 0.4) is 0 Å². The maximum absolute atomic E-state index is 12.3. The molecule has 0 spiro atoms. The second kappa shape index (κ2) is 10.2. The molecule has 0 aromatic carbocycles. The summed E-state index contributed by atoms with van der Waals surface area (Å²) in [5.41, 5.74) is 0. The molecule has 0 aromatic heterocycles. The van der Waals surface area contributed by atoms with E-state index in [-0.39, 0.29) is 11.9 Å². The van der Waals surface area contributed by atoms with E-state index in [0.717, 1.165) is 32.5 Å². The molecule has 1 rings (SSSR count). The van der Waals surface area contributed by atoms with E-state index in [4.69, 9.17) is 0 Å². The van der Waals surface area contributed by atoms with Crippen LogP contribution in [0, 0.1) is 0 Å². The summed E-state index contributed by atoms with van der Waals surface area (Å²) >= 11 is 0. The Balaban J connectivity index is 2.40. The van der Waals surface area contributed by atoms with Crippen LogP contribution in [-0.4, -0.2) is 49.6 Å². The first-order valence-corrected chi connectivity index (χ1v) is 8.38. The van der Waals surface area contributed by atoms with Crippen molar-refractivity contribution in [2.45, 2.75) is 70.9 Å². The number of rotatable bonds is 9. The van der Waals surface area contributed by atoms with Gasteiger partial charge in [-0.05, 0) is 52.7 Å². The molecule has 2 unspecified atom stereocenters. The highest BCUT2D eigenvalue weighted by atomic mass is 16.2. The van der Waals surface area contributed by atoms with E-state index in [1.165, 1.54) is 32.1 Å². The number of amides is 1. The molecule has 1 saturated heterocycles. The standard InChI is InChI=1S/C16H33N3O/c1-4-5-7-11-18-16(20)14(2)19-13-8-6-9-15(19)10-12-17-3/h14-15,17H,4-13H2,1-3H3,(H,18,20). The molecule has 1 aliphatic heterocycles. The summed E-state index contributed by atoms with van der Waals surface area (Å²) in [7, 11) is 2.00. The molecule has 0 aromatic rings. The fourth-order valence-electron chi connectivity index (χ4n) is 3.04. The lowest BCUT2D eigenvalue weighted by atomic mass is 9.97. The average Bonchev–Trinajstić information content (AvgIpc) is 2.49. The Morgan fingerprint density at radius 1 is 1.30 bits per heavy atom. The van der Waals surface area contributed by atoms with E-state index in [0.29, 0.717) is 6.04 Å². The predicted molar refractivity (Wildman–Crippen MR) is 84.9 cm³/mol. The Labute approximate surface area is 124 Å². The largest absolute Gasteiger partial charge is 0.355 e. The van der Waals surface area contributed by atoms with Crippen LogP contribution < -0.4 is 10.6 Å². The van der Waals surface area contributed by atoms with Gasteiger partial charge in [0.15, 0.2) is 0 Å². The van der Waals surface area contributed by atoms with Gasteiger partial charge < -0.3 is 10.6 Å². The third kappa shape index (κ3) is 5.80. The summed E-state index contributed by atoms with van der Waals surface area (Å²) in [5, 5.41) is 6.32. The minimum absolute atomic E-state index is 0.0128. The zero-order chi connectivity index (χ0) is 14.8. The van der Waals surface area contributed by atoms with Gasteiger partial charge in [-0.2, -0.15) is 0 Å². The van der Waals surface area contributed by atoms with Crippen LogP contribution in [0.15, 0.2) is 0 Å². The van der Waals surface area contributed by atoms with Crippen LogP contribution in [-0.2, 0) is 4.79 Å². The van der Waals surface area contributed by atoms with Gasteiger partial charge in [0, 0.05) is 12.6 Å². The van der Waals surface area contributed by atoms with E-state index in [1.54, 1.807) is 0 Å². The van der Waals surface area contributed by atoms with Gasteiger partial charge in [0.2, 0.25) is 5.91 Å².